The number of carbonyl (C=O) groups is 3. The molecule has 2 saturated heterocycles. The Labute approximate surface area is 147 Å². The summed E-state index contributed by atoms with van der Waals surface area (Å²) in [6.45, 7) is 1.34. The lowest BCUT2D eigenvalue weighted by molar-refractivity contribution is -0.152. The van der Waals surface area contributed by atoms with Crippen LogP contribution in [0.15, 0.2) is 30.3 Å². The van der Waals surface area contributed by atoms with E-state index in [0.717, 1.165) is 18.4 Å². The molecule has 1 aromatic carbocycles. The molecule has 0 spiro atoms. The Balaban J connectivity index is 1.87. The van der Waals surface area contributed by atoms with Crippen LogP contribution < -0.4 is 0 Å². The van der Waals surface area contributed by atoms with Gasteiger partial charge < -0.3 is 14.9 Å². The molecule has 2 atom stereocenters. The lowest BCUT2D eigenvalue weighted by Crippen LogP contribution is -2.50. The Morgan fingerprint density at radius 3 is 2.52 bits per heavy atom. The van der Waals surface area contributed by atoms with E-state index < -0.39 is 17.9 Å². The molecule has 2 unspecified atom stereocenters. The molecule has 1 N–H and O–H groups in total. The van der Waals surface area contributed by atoms with E-state index in [1.165, 1.54) is 0 Å². The lowest BCUT2D eigenvalue weighted by Gasteiger charge is -2.39. The van der Waals surface area contributed by atoms with E-state index in [1.807, 2.05) is 30.3 Å². The van der Waals surface area contributed by atoms with Crippen LogP contribution >= 0.6 is 0 Å². The summed E-state index contributed by atoms with van der Waals surface area (Å²) in [4.78, 5) is 40.3. The number of rotatable bonds is 4. The van der Waals surface area contributed by atoms with Gasteiger partial charge in [0.15, 0.2) is 0 Å². The van der Waals surface area contributed by atoms with E-state index in [0.29, 0.717) is 32.4 Å². The molecule has 0 aliphatic carbocycles. The Morgan fingerprint density at radius 2 is 1.84 bits per heavy atom. The molecule has 0 radical (unpaired) electrons. The van der Waals surface area contributed by atoms with Gasteiger partial charge in [-0.1, -0.05) is 30.3 Å². The van der Waals surface area contributed by atoms with Crippen molar-refractivity contribution in [2.24, 2.45) is 5.92 Å². The third-order valence-corrected chi connectivity index (χ3v) is 5.10. The Morgan fingerprint density at radius 1 is 1.08 bits per heavy atom. The van der Waals surface area contributed by atoms with Crippen molar-refractivity contribution in [3.63, 3.8) is 0 Å². The highest BCUT2D eigenvalue weighted by Crippen LogP contribution is 2.29. The van der Waals surface area contributed by atoms with Crippen molar-refractivity contribution in [3.8, 4) is 0 Å². The van der Waals surface area contributed by atoms with Crippen LogP contribution in [-0.4, -0.2) is 52.3 Å². The minimum absolute atomic E-state index is 0.000229. The second-order valence-electron chi connectivity index (χ2n) is 6.82. The number of carboxylic acids is 1. The van der Waals surface area contributed by atoms with Gasteiger partial charge in [-0.3, -0.25) is 14.4 Å². The van der Waals surface area contributed by atoms with E-state index in [-0.39, 0.29) is 18.4 Å². The van der Waals surface area contributed by atoms with Crippen LogP contribution in [-0.2, 0) is 14.4 Å². The van der Waals surface area contributed by atoms with Gasteiger partial charge in [0, 0.05) is 26.1 Å². The van der Waals surface area contributed by atoms with Crippen molar-refractivity contribution < 1.29 is 19.5 Å². The van der Waals surface area contributed by atoms with E-state index >= 15 is 0 Å². The first-order valence-corrected chi connectivity index (χ1v) is 8.94. The maximum atomic E-state index is 13.3. The van der Waals surface area contributed by atoms with Crippen LogP contribution in [0.2, 0.25) is 0 Å². The number of hydrogen-bond acceptors (Lipinski definition) is 3. The van der Waals surface area contributed by atoms with Gasteiger partial charge in [0.1, 0.15) is 6.04 Å². The molecular weight excluding hydrogens is 320 g/mol. The van der Waals surface area contributed by atoms with Gasteiger partial charge in [-0.2, -0.15) is 0 Å². The zero-order chi connectivity index (χ0) is 17.8. The summed E-state index contributed by atoms with van der Waals surface area (Å²) in [6, 6.07) is 8.68. The molecule has 0 saturated carbocycles. The molecule has 2 aliphatic rings. The number of amides is 2. The zero-order valence-corrected chi connectivity index (χ0v) is 14.3. The summed E-state index contributed by atoms with van der Waals surface area (Å²) >= 11 is 0. The van der Waals surface area contributed by atoms with Crippen molar-refractivity contribution in [1.29, 1.82) is 0 Å². The molecule has 25 heavy (non-hydrogen) atoms. The average molecular weight is 344 g/mol. The lowest BCUT2D eigenvalue weighted by atomic mass is 9.95. The third-order valence-electron chi connectivity index (χ3n) is 5.10. The Kier molecular flexibility index (Phi) is 5.36. The van der Waals surface area contributed by atoms with Crippen molar-refractivity contribution in [3.05, 3.63) is 35.9 Å². The normalized spacial score (nSPS) is 22.6. The predicted molar refractivity (Wildman–Crippen MR) is 91.7 cm³/mol. The first-order valence-electron chi connectivity index (χ1n) is 8.94. The molecule has 3 rings (SSSR count). The highest BCUT2D eigenvalue weighted by Gasteiger charge is 2.37. The smallest absolute Gasteiger partial charge is 0.308 e. The van der Waals surface area contributed by atoms with Crippen LogP contribution in [0, 0.1) is 5.92 Å². The van der Waals surface area contributed by atoms with Crippen molar-refractivity contribution in [2.45, 2.75) is 38.1 Å². The topological polar surface area (TPSA) is 77.9 Å². The van der Waals surface area contributed by atoms with Gasteiger partial charge in [0.2, 0.25) is 11.8 Å². The van der Waals surface area contributed by atoms with E-state index in [2.05, 4.69) is 0 Å². The minimum atomic E-state index is -0.859. The first kappa shape index (κ1) is 17.5. The number of piperidine rings is 2. The van der Waals surface area contributed by atoms with Crippen molar-refractivity contribution in [2.75, 3.05) is 19.6 Å². The summed E-state index contributed by atoms with van der Waals surface area (Å²) < 4.78 is 0. The van der Waals surface area contributed by atoms with Crippen LogP contribution in [0.3, 0.4) is 0 Å². The number of likely N-dealkylation sites (tertiary alicyclic amines) is 2. The average Bonchev–Trinajstić information content (AvgIpc) is 2.64. The van der Waals surface area contributed by atoms with E-state index in [9.17, 15) is 19.5 Å². The number of nitrogens with zero attached hydrogens (tertiary/aromatic N) is 2. The summed E-state index contributed by atoms with van der Waals surface area (Å²) in [7, 11) is 0. The summed E-state index contributed by atoms with van der Waals surface area (Å²) in [5.41, 5.74) is 0.792. The number of carbonyl (C=O) groups excluding carboxylic acids is 2. The van der Waals surface area contributed by atoms with Crippen LogP contribution in [0.5, 0.6) is 0 Å². The van der Waals surface area contributed by atoms with Crippen LogP contribution in [0.1, 0.15) is 43.7 Å². The fourth-order valence-electron chi connectivity index (χ4n) is 3.74. The van der Waals surface area contributed by atoms with Gasteiger partial charge in [0.05, 0.1) is 5.92 Å². The van der Waals surface area contributed by atoms with Gasteiger partial charge in [-0.25, -0.2) is 0 Å². The number of aliphatic carboxylic acids is 1. The summed E-state index contributed by atoms with van der Waals surface area (Å²) in [5.74, 6) is -1.54. The molecule has 2 aliphatic heterocycles. The fraction of sp³-hybridized carbons (Fsp3) is 0.526. The van der Waals surface area contributed by atoms with E-state index in [1.54, 1.807) is 9.80 Å². The molecule has 2 amide bonds. The van der Waals surface area contributed by atoms with Gasteiger partial charge in [-0.05, 0) is 31.2 Å². The van der Waals surface area contributed by atoms with Crippen LogP contribution in [0.4, 0.5) is 0 Å². The fourth-order valence-corrected chi connectivity index (χ4v) is 3.74. The number of benzene rings is 1. The Bertz CT molecular complexity index is 646. The largest absolute Gasteiger partial charge is 0.481 e. The molecule has 6 nitrogen and oxygen atoms in total. The molecular formula is C19H24N2O4. The maximum Gasteiger partial charge on any atom is 0.308 e. The molecule has 134 valence electrons. The second-order valence-corrected chi connectivity index (χ2v) is 6.82. The monoisotopic (exact) mass is 344 g/mol. The highest BCUT2D eigenvalue weighted by atomic mass is 16.4. The molecule has 0 aromatic heterocycles. The van der Waals surface area contributed by atoms with Gasteiger partial charge >= 0.3 is 5.97 Å². The second kappa shape index (κ2) is 7.68. The summed E-state index contributed by atoms with van der Waals surface area (Å²) in [6.07, 6.45) is 3.49. The minimum Gasteiger partial charge on any atom is -0.481 e. The quantitative estimate of drug-likeness (QED) is 0.907. The summed E-state index contributed by atoms with van der Waals surface area (Å²) in [5, 5.41) is 9.28. The SMILES string of the molecule is O=C(O)C1CCCN(C(=O)C(c2ccccc2)N2CCCCC2=O)C1. The predicted octanol–water partition coefficient (Wildman–Crippen LogP) is 2.06. The molecule has 2 fully saturated rings. The highest BCUT2D eigenvalue weighted by molar-refractivity contribution is 5.89. The number of carboxylic acid groups (broad SMARTS) is 1. The van der Waals surface area contributed by atoms with Crippen molar-refractivity contribution >= 4 is 17.8 Å². The standard InChI is InChI=1S/C19H24N2O4/c22-16-10-4-5-12-21(16)17(14-7-2-1-3-8-14)18(23)20-11-6-9-15(13-20)19(24)25/h1-3,7-8,15,17H,4-6,9-13H2,(H,24,25). The zero-order valence-electron chi connectivity index (χ0n) is 14.3. The van der Waals surface area contributed by atoms with Crippen LogP contribution in [0.25, 0.3) is 0 Å². The van der Waals surface area contributed by atoms with E-state index in [4.69, 9.17) is 0 Å². The van der Waals surface area contributed by atoms with Crippen molar-refractivity contribution in [1.82, 2.24) is 9.80 Å². The van der Waals surface area contributed by atoms with Gasteiger partial charge in [-0.15, -0.1) is 0 Å². The molecule has 0 bridgehead atoms. The third kappa shape index (κ3) is 3.83. The maximum absolute atomic E-state index is 13.3. The number of hydrogen-bond donors (Lipinski definition) is 1. The Hall–Kier alpha value is -2.37. The first-order chi connectivity index (χ1) is 12.1. The molecule has 2 heterocycles. The van der Waals surface area contributed by atoms with Gasteiger partial charge in [0.25, 0.3) is 0 Å². The molecule has 1 aromatic rings. The molecule has 6 heteroatoms.